The van der Waals surface area contributed by atoms with Gasteiger partial charge in [0, 0.05) is 4.47 Å². The second kappa shape index (κ2) is 4.62. The Morgan fingerprint density at radius 3 is 2.00 bits per heavy atom. The summed E-state index contributed by atoms with van der Waals surface area (Å²) in [4.78, 5) is 25.3. The lowest BCUT2D eigenvalue weighted by Gasteiger charge is -2.18. The first kappa shape index (κ1) is 13.7. The third-order valence-corrected chi connectivity index (χ3v) is 4.54. The molecule has 6 heteroatoms. The molecule has 1 aliphatic heterocycles. The number of halogens is 3. The van der Waals surface area contributed by atoms with Crippen LogP contribution in [0.15, 0.2) is 16.6 Å². The largest absolute Gasteiger partial charge is 0.274 e. The summed E-state index contributed by atoms with van der Waals surface area (Å²) in [7, 11) is 0. The predicted molar refractivity (Wildman–Crippen MR) is 71.9 cm³/mol. The Bertz CT molecular complexity index is 572. The van der Waals surface area contributed by atoms with Crippen molar-refractivity contribution in [3.05, 3.63) is 28.2 Å². The summed E-state index contributed by atoms with van der Waals surface area (Å²) in [5.41, 5.74) is -0.551. The van der Waals surface area contributed by atoms with E-state index in [0.29, 0.717) is 23.7 Å². The third kappa shape index (κ3) is 1.89. The zero-order chi connectivity index (χ0) is 14.6. The smallest absolute Gasteiger partial charge is 0.237 e. The predicted octanol–water partition coefficient (Wildman–Crippen LogP) is 3.26. The van der Waals surface area contributed by atoms with Crippen LogP contribution in [0.5, 0.6) is 0 Å². The lowest BCUT2D eigenvalue weighted by molar-refractivity contribution is -0.123. The van der Waals surface area contributed by atoms with Gasteiger partial charge < -0.3 is 0 Å². The highest BCUT2D eigenvalue weighted by molar-refractivity contribution is 9.10. The number of anilines is 1. The number of amides is 2. The van der Waals surface area contributed by atoms with Crippen LogP contribution in [-0.4, -0.2) is 11.8 Å². The number of hydrogen-bond donors (Lipinski definition) is 0. The van der Waals surface area contributed by atoms with Gasteiger partial charge in [-0.2, -0.15) is 0 Å². The van der Waals surface area contributed by atoms with Crippen LogP contribution >= 0.6 is 15.9 Å². The number of hydrogen-bond acceptors (Lipinski definition) is 2. The van der Waals surface area contributed by atoms with E-state index in [1.807, 2.05) is 6.92 Å². The molecule has 3 nitrogen and oxygen atoms in total. The van der Waals surface area contributed by atoms with Gasteiger partial charge in [0.2, 0.25) is 11.8 Å². The van der Waals surface area contributed by atoms with E-state index in [1.165, 1.54) is 0 Å². The molecule has 0 aromatic heterocycles. The van der Waals surface area contributed by atoms with Crippen molar-refractivity contribution >= 4 is 33.4 Å². The molecule has 1 heterocycles. The number of carbonyl (C=O) groups is 2. The molecule has 2 amide bonds. The van der Waals surface area contributed by atoms with Crippen LogP contribution in [0.25, 0.3) is 0 Å². The monoisotopic (exact) mass is 343 g/mol. The molecule has 0 spiro atoms. The fourth-order valence-electron chi connectivity index (χ4n) is 3.25. The van der Waals surface area contributed by atoms with Crippen LogP contribution in [0.1, 0.15) is 19.8 Å². The minimum Gasteiger partial charge on any atom is -0.274 e. The highest BCUT2D eigenvalue weighted by Crippen LogP contribution is 2.45. The van der Waals surface area contributed by atoms with Crippen molar-refractivity contribution in [3.8, 4) is 0 Å². The van der Waals surface area contributed by atoms with E-state index in [4.69, 9.17) is 0 Å². The Hall–Kier alpha value is -1.30. The maximum Gasteiger partial charge on any atom is 0.237 e. The van der Waals surface area contributed by atoms with Crippen molar-refractivity contribution in [1.82, 2.24) is 0 Å². The molecule has 1 aliphatic carbocycles. The highest BCUT2D eigenvalue weighted by Gasteiger charge is 2.53. The molecule has 2 unspecified atom stereocenters. The fourth-order valence-corrected chi connectivity index (χ4v) is 3.65. The van der Waals surface area contributed by atoms with E-state index >= 15 is 0 Å². The number of carbonyl (C=O) groups excluding carboxylic acids is 2. The first-order chi connectivity index (χ1) is 9.40. The number of benzene rings is 1. The van der Waals surface area contributed by atoms with Gasteiger partial charge >= 0.3 is 0 Å². The maximum absolute atomic E-state index is 13.9. The first-order valence-electron chi connectivity index (χ1n) is 6.42. The van der Waals surface area contributed by atoms with Crippen LogP contribution in [0, 0.1) is 29.4 Å². The van der Waals surface area contributed by atoms with Gasteiger partial charge in [0.1, 0.15) is 5.69 Å². The molecule has 20 heavy (non-hydrogen) atoms. The van der Waals surface area contributed by atoms with E-state index in [2.05, 4.69) is 15.9 Å². The average molecular weight is 344 g/mol. The van der Waals surface area contributed by atoms with Crippen LogP contribution in [0.2, 0.25) is 0 Å². The number of nitrogens with zero attached hydrogens (tertiary/aromatic N) is 1. The Balaban J connectivity index is 2.05. The third-order valence-electron chi connectivity index (χ3n) is 4.08. The van der Waals surface area contributed by atoms with Crippen molar-refractivity contribution < 1.29 is 18.4 Å². The molecule has 2 fully saturated rings. The Labute approximate surface area is 123 Å². The summed E-state index contributed by atoms with van der Waals surface area (Å²) in [6.45, 7) is 1.98. The van der Waals surface area contributed by atoms with E-state index in [0.717, 1.165) is 12.1 Å². The zero-order valence-corrected chi connectivity index (χ0v) is 12.3. The molecule has 2 atom stereocenters. The molecule has 1 saturated carbocycles. The van der Waals surface area contributed by atoms with Gasteiger partial charge in [-0.25, -0.2) is 13.7 Å². The number of fused-ring (bicyclic) bond motifs is 1. The Morgan fingerprint density at radius 1 is 1.10 bits per heavy atom. The molecule has 2 aliphatic rings. The van der Waals surface area contributed by atoms with E-state index < -0.39 is 41.0 Å². The van der Waals surface area contributed by atoms with Crippen LogP contribution in [0.3, 0.4) is 0 Å². The lowest BCUT2D eigenvalue weighted by atomic mass is 10.00. The molecular formula is C14H12BrF2NO2. The second-order valence-electron chi connectivity index (χ2n) is 5.52. The van der Waals surface area contributed by atoms with Gasteiger partial charge in [0.15, 0.2) is 11.6 Å². The number of rotatable bonds is 1. The van der Waals surface area contributed by atoms with Gasteiger partial charge in [0.05, 0.1) is 11.8 Å². The van der Waals surface area contributed by atoms with Gasteiger partial charge in [-0.1, -0.05) is 22.9 Å². The van der Waals surface area contributed by atoms with Crippen LogP contribution < -0.4 is 4.90 Å². The minimum atomic E-state index is -0.911. The van der Waals surface area contributed by atoms with Crippen molar-refractivity contribution in [2.24, 2.45) is 17.8 Å². The molecule has 0 radical (unpaired) electrons. The summed E-state index contributed by atoms with van der Waals surface area (Å²) in [5.74, 6) is -3.35. The molecular weight excluding hydrogens is 332 g/mol. The lowest BCUT2D eigenvalue weighted by Crippen LogP contribution is -2.33. The normalized spacial score (nSPS) is 29.2. The van der Waals surface area contributed by atoms with Crippen molar-refractivity contribution in [1.29, 1.82) is 0 Å². The SMILES string of the molecule is CC1CC2C(=O)N(c3c(F)cc(Br)cc3F)C(=O)C2C1. The molecule has 1 saturated heterocycles. The zero-order valence-electron chi connectivity index (χ0n) is 10.7. The summed E-state index contributed by atoms with van der Waals surface area (Å²) >= 11 is 2.97. The highest BCUT2D eigenvalue weighted by atomic mass is 79.9. The van der Waals surface area contributed by atoms with E-state index in [-0.39, 0.29) is 4.47 Å². The summed E-state index contributed by atoms with van der Waals surface area (Å²) < 4.78 is 28.1. The van der Waals surface area contributed by atoms with Gasteiger partial charge in [-0.3, -0.25) is 9.59 Å². The summed E-state index contributed by atoms with van der Waals surface area (Å²) in [5, 5.41) is 0. The van der Waals surface area contributed by atoms with Gasteiger partial charge in [0.25, 0.3) is 0 Å². The van der Waals surface area contributed by atoms with Gasteiger partial charge in [-0.05, 0) is 30.9 Å². The van der Waals surface area contributed by atoms with Crippen molar-refractivity contribution in [3.63, 3.8) is 0 Å². The Morgan fingerprint density at radius 2 is 1.55 bits per heavy atom. The molecule has 3 rings (SSSR count). The molecule has 0 N–H and O–H groups in total. The maximum atomic E-state index is 13.9. The summed E-state index contributed by atoms with van der Waals surface area (Å²) in [6.07, 6.45) is 1.21. The van der Waals surface area contributed by atoms with Crippen LogP contribution in [-0.2, 0) is 9.59 Å². The van der Waals surface area contributed by atoms with Crippen LogP contribution in [0.4, 0.5) is 14.5 Å². The molecule has 0 bridgehead atoms. The molecule has 1 aromatic carbocycles. The standard InChI is InChI=1S/C14H12BrF2NO2/c1-6-2-8-9(3-6)14(20)18(13(8)19)12-10(16)4-7(15)5-11(12)17/h4-6,8-9H,2-3H2,1H3. The minimum absolute atomic E-state index is 0.226. The quantitative estimate of drug-likeness (QED) is 0.734. The van der Waals surface area contributed by atoms with Gasteiger partial charge in [-0.15, -0.1) is 0 Å². The average Bonchev–Trinajstić information content (AvgIpc) is 2.82. The summed E-state index contributed by atoms with van der Waals surface area (Å²) in [6, 6.07) is 2.10. The van der Waals surface area contributed by atoms with Crippen molar-refractivity contribution in [2.45, 2.75) is 19.8 Å². The van der Waals surface area contributed by atoms with E-state index in [9.17, 15) is 18.4 Å². The fraction of sp³-hybridized carbons (Fsp3) is 0.429. The first-order valence-corrected chi connectivity index (χ1v) is 7.21. The Kier molecular flexibility index (Phi) is 3.16. The molecule has 106 valence electrons. The second-order valence-corrected chi connectivity index (χ2v) is 6.44. The number of imide groups is 1. The molecule has 1 aromatic rings. The topological polar surface area (TPSA) is 37.4 Å². The van der Waals surface area contributed by atoms with E-state index in [1.54, 1.807) is 0 Å². The van der Waals surface area contributed by atoms with Crippen molar-refractivity contribution in [2.75, 3.05) is 4.90 Å².